The maximum atomic E-state index is 11.0. The van der Waals surface area contributed by atoms with E-state index in [0.29, 0.717) is 5.57 Å². The van der Waals surface area contributed by atoms with Crippen LogP contribution in [0.2, 0.25) is 0 Å². The van der Waals surface area contributed by atoms with Crippen molar-refractivity contribution < 1.29 is 21.9 Å². The molecule has 1 N–H and O–H groups in total. The van der Waals surface area contributed by atoms with Crippen LogP contribution in [-0.2, 0) is 19.4 Å². The molecule has 0 spiro atoms. The molecule has 0 aromatic heterocycles. The molecule has 96 valence electrons. The van der Waals surface area contributed by atoms with Gasteiger partial charge in [-0.2, -0.15) is 13.5 Å². The number of carbonyl (C=O) groups excluding carboxylic acids is 1. The number of amides is 1. The molecule has 0 unspecified atom stereocenters. The highest BCUT2D eigenvalue weighted by Crippen LogP contribution is 2.19. The molecule has 0 radical (unpaired) electrons. The van der Waals surface area contributed by atoms with Gasteiger partial charge in [0.2, 0.25) is 0 Å². The quantitative estimate of drug-likeness (QED) is 0.819. The second-order valence-electron chi connectivity index (χ2n) is 3.02. The third-order valence-electron chi connectivity index (χ3n) is 1.86. The van der Waals surface area contributed by atoms with Gasteiger partial charge >= 0.3 is 10.4 Å². The molecule has 7 nitrogen and oxygen atoms in total. The fourth-order valence-electron chi connectivity index (χ4n) is 1.06. The van der Waals surface area contributed by atoms with Crippen LogP contribution in [-0.4, -0.2) is 26.0 Å². The van der Waals surface area contributed by atoms with Gasteiger partial charge in [-0.3, -0.25) is 13.5 Å². The Balaban J connectivity index is 0.000000232. The standard InChI is InChI=1S/C9H6N2O.CH4O4S/c12-9-8(6-10-11-9)7-4-2-1-3-5-7;1-5-6(2,3)4/h1-6H;1H3,(H,2,3,4). The number of azo groups is 1. The summed E-state index contributed by atoms with van der Waals surface area (Å²) < 4.78 is 29.7. The van der Waals surface area contributed by atoms with Crippen molar-refractivity contribution in [2.75, 3.05) is 7.11 Å². The first-order valence-electron chi connectivity index (χ1n) is 4.68. The largest absolute Gasteiger partial charge is 0.397 e. The van der Waals surface area contributed by atoms with Gasteiger partial charge in [0, 0.05) is 0 Å². The van der Waals surface area contributed by atoms with Crippen molar-refractivity contribution in [3.8, 4) is 0 Å². The van der Waals surface area contributed by atoms with Crippen molar-refractivity contribution in [1.29, 1.82) is 0 Å². The Kier molecular flexibility index (Phi) is 4.84. The SMILES string of the molecule is COS(=O)(=O)O.O=C1N=NC=C1c1ccccc1. The maximum Gasteiger partial charge on any atom is 0.397 e. The summed E-state index contributed by atoms with van der Waals surface area (Å²) >= 11 is 0. The predicted molar refractivity (Wildman–Crippen MR) is 62.8 cm³/mol. The first-order chi connectivity index (χ1) is 8.44. The van der Waals surface area contributed by atoms with Gasteiger partial charge in [-0.05, 0) is 5.56 Å². The topological polar surface area (TPSA) is 105 Å². The van der Waals surface area contributed by atoms with Crippen LogP contribution in [0.1, 0.15) is 5.56 Å². The molecular weight excluding hydrogens is 260 g/mol. The summed E-state index contributed by atoms with van der Waals surface area (Å²) in [5.41, 5.74) is 1.43. The van der Waals surface area contributed by atoms with Gasteiger partial charge in [0.05, 0.1) is 18.9 Å². The fraction of sp³-hybridized carbons (Fsp3) is 0.100. The molecule has 0 saturated carbocycles. The van der Waals surface area contributed by atoms with Crippen LogP contribution in [0, 0.1) is 0 Å². The summed E-state index contributed by atoms with van der Waals surface area (Å²) in [6, 6.07) is 9.38. The van der Waals surface area contributed by atoms with Crippen LogP contribution in [0.3, 0.4) is 0 Å². The lowest BCUT2D eigenvalue weighted by molar-refractivity contribution is -0.112. The van der Waals surface area contributed by atoms with Crippen molar-refractivity contribution >= 4 is 21.9 Å². The minimum absolute atomic E-state index is 0.263. The number of hydrogen-bond acceptors (Lipinski definition) is 5. The highest BCUT2D eigenvalue weighted by atomic mass is 32.3. The van der Waals surface area contributed by atoms with Crippen molar-refractivity contribution in [2.45, 2.75) is 0 Å². The van der Waals surface area contributed by atoms with E-state index in [1.807, 2.05) is 30.3 Å². The minimum atomic E-state index is -4.16. The van der Waals surface area contributed by atoms with Gasteiger partial charge in [-0.25, -0.2) is 0 Å². The van der Waals surface area contributed by atoms with E-state index in [-0.39, 0.29) is 5.91 Å². The minimum Gasteiger partial charge on any atom is -0.265 e. The van der Waals surface area contributed by atoms with Crippen molar-refractivity contribution in [2.24, 2.45) is 10.2 Å². The molecule has 1 heterocycles. The van der Waals surface area contributed by atoms with Gasteiger partial charge in [0.25, 0.3) is 5.91 Å². The molecule has 0 atom stereocenters. The number of nitrogens with zero attached hydrogens (tertiary/aromatic N) is 2. The third kappa shape index (κ3) is 4.53. The van der Waals surface area contributed by atoms with Crippen molar-refractivity contribution in [3.05, 3.63) is 42.1 Å². The Morgan fingerprint density at radius 3 is 2.17 bits per heavy atom. The van der Waals surface area contributed by atoms with E-state index in [1.54, 1.807) is 0 Å². The molecule has 0 bridgehead atoms. The Hall–Kier alpha value is -1.90. The predicted octanol–water partition coefficient (Wildman–Crippen LogP) is 1.46. The zero-order valence-electron chi connectivity index (χ0n) is 9.35. The van der Waals surface area contributed by atoms with Crippen LogP contribution < -0.4 is 0 Å². The lowest BCUT2D eigenvalue weighted by atomic mass is 10.1. The molecule has 1 aliphatic rings. The molecule has 1 aromatic carbocycles. The Labute approximate surface area is 104 Å². The fourth-order valence-corrected chi connectivity index (χ4v) is 1.06. The normalized spacial score (nSPS) is 13.9. The van der Waals surface area contributed by atoms with Gasteiger partial charge in [0.1, 0.15) is 0 Å². The number of rotatable bonds is 2. The zero-order chi connectivity index (χ0) is 13.6. The second kappa shape index (κ2) is 6.15. The molecular formula is C10H10N2O5S. The molecule has 0 fully saturated rings. The number of benzene rings is 1. The maximum absolute atomic E-state index is 11.0. The first kappa shape index (κ1) is 14.2. The molecule has 2 rings (SSSR count). The van der Waals surface area contributed by atoms with Crippen LogP contribution in [0.4, 0.5) is 0 Å². The highest BCUT2D eigenvalue weighted by Gasteiger charge is 2.14. The summed E-state index contributed by atoms with van der Waals surface area (Å²) in [7, 11) is -3.29. The van der Waals surface area contributed by atoms with Crippen LogP contribution in [0.15, 0.2) is 46.8 Å². The van der Waals surface area contributed by atoms with Crippen LogP contribution in [0.25, 0.3) is 5.57 Å². The van der Waals surface area contributed by atoms with E-state index in [9.17, 15) is 13.2 Å². The zero-order valence-corrected chi connectivity index (χ0v) is 10.2. The summed E-state index contributed by atoms with van der Waals surface area (Å²) in [6.07, 6.45) is 1.48. The highest BCUT2D eigenvalue weighted by molar-refractivity contribution is 7.80. The average molecular weight is 270 g/mol. The molecule has 1 aliphatic heterocycles. The summed E-state index contributed by atoms with van der Waals surface area (Å²) in [4.78, 5) is 11.0. The Morgan fingerprint density at radius 2 is 1.78 bits per heavy atom. The smallest absolute Gasteiger partial charge is 0.265 e. The summed E-state index contributed by atoms with van der Waals surface area (Å²) in [6.45, 7) is 0. The third-order valence-corrected chi connectivity index (χ3v) is 2.28. The van der Waals surface area contributed by atoms with Gasteiger partial charge < -0.3 is 0 Å². The molecule has 18 heavy (non-hydrogen) atoms. The van der Waals surface area contributed by atoms with Crippen LogP contribution >= 0.6 is 0 Å². The number of carbonyl (C=O) groups is 1. The van der Waals surface area contributed by atoms with E-state index < -0.39 is 10.4 Å². The molecule has 1 amide bonds. The van der Waals surface area contributed by atoms with Gasteiger partial charge in [0.15, 0.2) is 0 Å². The monoisotopic (exact) mass is 270 g/mol. The van der Waals surface area contributed by atoms with E-state index in [1.165, 1.54) is 6.20 Å². The average Bonchev–Trinajstić information content (AvgIpc) is 2.76. The number of hydrogen-bond donors (Lipinski definition) is 1. The van der Waals surface area contributed by atoms with Crippen LogP contribution in [0.5, 0.6) is 0 Å². The second-order valence-corrected chi connectivity index (χ2v) is 4.21. The molecule has 0 saturated heterocycles. The summed E-state index contributed by atoms with van der Waals surface area (Å²) in [5.74, 6) is -0.263. The molecule has 0 aliphatic carbocycles. The van der Waals surface area contributed by atoms with E-state index >= 15 is 0 Å². The Morgan fingerprint density at radius 1 is 1.22 bits per heavy atom. The van der Waals surface area contributed by atoms with E-state index in [2.05, 4.69) is 14.4 Å². The van der Waals surface area contributed by atoms with Crippen molar-refractivity contribution in [1.82, 2.24) is 0 Å². The lowest BCUT2D eigenvalue weighted by Gasteiger charge is -1.95. The Bertz CT molecular complexity index is 578. The lowest BCUT2D eigenvalue weighted by Crippen LogP contribution is -1.96. The summed E-state index contributed by atoms with van der Waals surface area (Å²) in [5, 5.41) is 6.92. The molecule has 8 heteroatoms. The van der Waals surface area contributed by atoms with Gasteiger partial charge in [-0.1, -0.05) is 30.3 Å². The van der Waals surface area contributed by atoms with Crippen molar-refractivity contribution in [3.63, 3.8) is 0 Å². The molecule has 1 aromatic rings. The van der Waals surface area contributed by atoms with Gasteiger partial charge in [-0.15, -0.1) is 5.11 Å². The first-order valence-corrected chi connectivity index (χ1v) is 6.04. The van der Waals surface area contributed by atoms with E-state index in [4.69, 9.17) is 4.55 Å². The van der Waals surface area contributed by atoms with E-state index in [0.717, 1.165) is 12.7 Å².